The topological polar surface area (TPSA) is 65.9 Å². The van der Waals surface area contributed by atoms with Gasteiger partial charge >= 0.3 is 0 Å². The third kappa shape index (κ3) is 6.99. The van der Waals surface area contributed by atoms with Crippen molar-refractivity contribution in [1.29, 1.82) is 0 Å². The van der Waals surface area contributed by atoms with E-state index in [-0.39, 0.29) is 28.7 Å². The molecule has 2 aromatic rings. The van der Waals surface area contributed by atoms with Crippen molar-refractivity contribution < 1.29 is 9.84 Å². The van der Waals surface area contributed by atoms with Crippen LogP contribution in [0.25, 0.3) is 10.1 Å². The Kier molecular flexibility index (Phi) is 10.5. The molecule has 0 saturated carbocycles. The number of hydrogen-bond acceptors (Lipinski definition) is 5. The normalized spacial score (nSPS) is 17.6. The molecule has 1 saturated heterocycles. The minimum absolute atomic E-state index is 0. The highest BCUT2D eigenvalue weighted by atomic mass is 127. The number of fused-ring (bicyclic) bond motifs is 1. The molecule has 1 aliphatic rings. The summed E-state index contributed by atoms with van der Waals surface area (Å²) in [5.74, 6) is 1.86. The summed E-state index contributed by atoms with van der Waals surface area (Å²) in [6.07, 6.45) is 1.53. The first kappa shape index (κ1) is 24.7. The van der Waals surface area contributed by atoms with Crippen LogP contribution in [0.5, 0.6) is 0 Å². The second kappa shape index (κ2) is 12.3. The molecule has 8 heteroatoms. The summed E-state index contributed by atoms with van der Waals surface area (Å²) in [5, 5.41) is 18.4. The molecular formula is C21H32IN3O2S2. The molecule has 1 fully saturated rings. The number of hydrogen-bond donors (Lipinski definition) is 3. The van der Waals surface area contributed by atoms with Gasteiger partial charge in [-0.2, -0.15) is 11.8 Å². The number of halogens is 1. The number of ether oxygens (including phenoxy) is 1. The van der Waals surface area contributed by atoms with Crippen LogP contribution in [0, 0.1) is 0 Å². The van der Waals surface area contributed by atoms with E-state index in [2.05, 4.69) is 42.7 Å². The molecule has 1 unspecified atom stereocenters. The molecule has 0 aliphatic carbocycles. The van der Waals surface area contributed by atoms with Crippen LogP contribution in [0.4, 0.5) is 0 Å². The van der Waals surface area contributed by atoms with Gasteiger partial charge in [-0.1, -0.05) is 25.1 Å². The second-order valence-corrected chi connectivity index (χ2v) is 9.85. The maximum absolute atomic E-state index is 10.6. The van der Waals surface area contributed by atoms with Crippen molar-refractivity contribution in [3.8, 4) is 0 Å². The first-order valence-corrected chi connectivity index (χ1v) is 11.9. The van der Waals surface area contributed by atoms with Crippen LogP contribution in [0.2, 0.25) is 0 Å². The number of aliphatic imine (C=N–C) groups is 1. The van der Waals surface area contributed by atoms with E-state index in [9.17, 15) is 5.11 Å². The van der Waals surface area contributed by atoms with E-state index in [4.69, 9.17) is 9.73 Å². The molecule has 0 amide bonds. The van der Waals surface area contributed by atoms with Crippen LogP contribution in [0.3, 0.4) is 0 Å². The maximum atomic E-state index is 10.6. The number of benzene rings is 1. The molecule has 0 bridgehead atoms. The number of guanidine groups is 1. The summed E-state index contributed by atoms with van der Waals surface area (Å²) in [7, 11) is 0. The fourth-order valence-corrected chi connectivity index (χ4v) is 5.70. The Morgan fingerprint density at radius 3 is 2.72 bits per heavy atom. The van der Waals surface area contributed by atoms with E-state index in [1.165, 1.54) is 10.1 Å². The number of thioether (sulfide) groups is 1. The average Bonchev–Trinajstić information content (AvgIpc) is 3.15. The Bertz CT molecular complexity index is 740. The molecule has 0 radical (unpaired) electrons. The number of aliphatic hydroxyl groups is 1. The zero-order valence-electron chi connectivity index (χ0n) is 17.1. The lowest BCUT2D eigenvalue weighted by Crippen LogP contribution is -2.42. The minimum atomic E-state index is -0.552. The van der Waals surface area contributed by atoms with Gasteiger partial charge in [0.25, 0.3) is 0 Å². The van der Waals surface area contributed by atoms with Crippen LogP contribution < -0.4 is 10.6 Å². The van der Waals surface area contributed by atoms with Crippen molar-refractivity contribution in [3.05, 3.63) is 35.2 Å². The molecule has 3 rings (SSSR count). The quantitative estimate of drug-likeness (QED) is 0.259. The minimum Gasteiger partial charge on any atom is -0.386 e. The van der Waals surface area contributed by atoms with Gasteiger partial charge in [-0.15, -0.1) is 35.3 Å². The van der Waals surface area contributed by atoms with Gasteiger partial charge in [0.15, 0.2) is 5.96 Å². The summed E-state index contributed by atoms with van der Waals surface area (Å²) in [5.41, 5.74) is 0. The lowest BCUT2D eigenvalue weighted by atomic mass is 9.99. The summed E-state index contributed by atoms with van der Waals surface area (Å²) in [4.78, 5) is 5.83. The summed E-state index contributed by atoms with van der Waals surface area (Å²) in [6, 6.07) is 10.3. The summed E-state index contributed by atoms with van der Waals surface area (Å²) >= 11 is 3.64. The number of aliphatic hydroxyl groups excluding tert-OH is 1. The predicted octanol–water partition coefficient (Wildman–Crippen LogP) is 4.41. The lowest BCUT2D eigenvalue weighted by Gasteiger charge is -2.35. The highest BCUT2D eigenvalue weighted by molar-refractivity contribution is 14.0. The van der Waals surface area contributed by atoms with Crippen molar-refractivity contribution in [2.45, 2.75) is 37.5 Å². The molecule has 162 valence electrons. The fourth-order valence-electron chi connectivity index (χ4n) is 3.42. The van der Waals surface area contributed by atoms with Gasteiger partial charge in [0.05, 0.1) is 6.54 Å². The van der Waals surface area contributed by atoms with Gasteiger partial charge in [0, 0.05) is 40.6 Å². The van der Waals surface area contributed by atoms with Crippen molar-refractivity contribution in [2.24, 2.45) is 4.99 Å². The van der Waals surface area contributed by atoms with Crippen molar-refractivity contribution in [2.75, 3.05) is 38.6 Å². The predicted molar refractivity (Wildman–Crippen MR) is 137 cm³/mol. The first-order valence-electron chi connectivity index (χ1n) is 10.1. The van der Waals surface area contributed by atoms with Crippen molar-refractivity contribution in [3.63, 3.8) is 0 Å². The first-order chi connectivity index (χ1) is 13.7. The molecule has 5 nitrogen and oxygen atoms in total. The number of thiophene rings is 1. The monoisotopic (exact) mass is 549 g/mol. The zero-order chi connectivity index (χ0) is 19.8. The van der Waals surface area contributed by atoms with Gasteiger partial charge in [-0.3, -0.25) is 4.99 Å². The van der Waals surface area contributed by atoms with E-state index < -0.39 is 6.10 Å². The van der Waals surface area contributed by atoms with Crippen LogP contribution in [-0.4, -0.2) is 54.4 Å². The van der Waals surface area contributed by atoms with E-state index >= 15 is 0 Å². The van der Waals surface area contributed by atoms with Gasteiger partial charge in [-0.25, -0.2) is 0 Å². The van der Waals surface area contributed by atoms with Crippen LogP contribution in [0.1, 0.15) is 37.7 Å². The number of nitrogens with one attached hydrogen (secondary N) is 2. The standard InChI is InChI=1S/C21H31N3O2S2.HI/c1-3-22-20(24-15-21(27-4-2)9-11-26-12-10-21)23-14-17(25)19-13-16-7-5-6-8-18(16)28-19;/h5-8,13,17,25H,3-4,9-12,14-15H2,1-2H3,(H2,22,23,24);1H. The molecule has 1 aliphatic heterocycles. The van der Waals surface area contributed by atoms with E-state index in [1.54, 1.807) is 11.3 Å². The molecule has 1 atom stereocenters. The van der Waals surface area contributed by atoms with Crippen molar-refractivity contribution >= 4 is 63.1 Å². The molecular weight excluding hydrogens is 517 g/mol. The van der Waals surface area contributed by atoms with E-state index in [0.717, 1.165) is 55.7 Å². The molecule has 0 spiro atoms. The molecule has 29 heavy (non-hydrogen) atoms. The van der Waals surface area contributed by atoms with Crippen LogP contribution in [0.15, 0.2) is 35.3 Å². The largest absolute Gasteiger partial charge is 0.386 e. The van der Waals surface area contributed by atoms with Gasteiger partial charge in [0.2, 0.25) is 0 Å². The highest BCUT2D eigenvalue weighted by Gasteiger charge is 2.32. The Hall–Kier alpha value is -0.550. The molecule has 2 heterocycles. The van der Waals surface area contributed by atoms with Crippen LogP contribution >= 0.6 is 47.1 Å². The van der Waals surface area contributed by atoms with Gasteiger partial charge in [0.1, 0.15) is 6.10 Å². The smallest absolute Gasteiger partial charge is 0.191 e. The second-order valence-electron chi connectivity index (χ2n) is 7.01. The summed E-state index contributed by atoms with van der Waals surface area (Å²) < 4.78 is 6.92. The fraction of sp³-hybridized carbons (Fsp3) is 0.571. The van der Waals surface area contributed by atoms with Crippen LogP contribution in [-0.2, 0) is 4.74 Å². The Labute approximate surface area is 199 Å². The van der Waals surface area contributed by atoms with E-state index in [0.29, 0.717) is 6.54 Å². The SMILES string of the molecule is CCNC(=NCC1(SCC)CCOCC1)NCC(O)c1cc2ccccc2s1.I. The number of rotatable bonds is 8. The highest BCUT2D eigenvalue weighted by Crippen LogP contribution is 2.35. The van der Waals surface area contributed by atoms with Gasteiger partial charge < -0.3 is 20.5 Å². The third-order valence-corrected chi connectivity index (χ3v) is 7.62. The van der Waals surface area contributed by atoms with Gasteiger partial charge in [-0.05, 0) is 43.0 Å². The maximum Gasteiger partial charge on any atom is 0.191 e. The van der Waals surface area contributed by atoms with Crippen molar-refractivity contribution in [1.82, 2.24) is 10.6 Å². The Morgan fingerprint density at radius 2 is 2.03 bits per heavy atom. The Balaban J connectivity index is 0.00000300. The molecule has 3 N–H and O–H groups in total. The summed E-state index contributed by atoms with van der Waals surface area (Å²) in [6.45, 7) is 7.90. The molecule has 1 aromatic carbocycles. The third-order valence-electron chi connectivity index (χ3n) is 4.96. The average molecular weight is 550 g/mol. The number of nitrogens with zero attached hydrogens (tertiary/aromatic N) is 1. The Morgan fingerprint density at radius 1 is 1.28 bits per heavy atom. The lowest BCUT2D eigenvalue weighted by molar-refractivity contribution is 0.0793. The zero-order valence-corrected chi connectivity index (χ0v) is 21.1. The molecule has 1 aromatic heterocycles. The van der Waals surface area contributed by atoms with E-state index in [1.807, 2.05) is 23.9 Å².